The highest BCUT2D eigenvalue weighted by Gasteiger charge is 2.36. The third kappa shape index (κ3) is 4.31. The van der Waals surface area contributed by atoms with Crippen LogP contribution in [-0.4, -0.2) is 11.1 Å². The third-order valence-electron chi connectivity index (χ3n) is 4.78. The smallest absolute Gasteiger partial charge is 0.0443 e. The summed E-state index contributed by atoms with van der Waals surface area (Å²) in [6.45, 7) is 23.1. The molecule has 2 aromatic carbocycles. The van der Waals surface area contributed by atoms with E-state index in [0.717, 1.165) is 0 Å². The lowest BCUT2D eigenvalue weighted by molar-refractivity contribution is 0.376. The Morgan fingerprint density at radius 1 is 0.654 bits per heavy atom. The van der Waals surface area contributed by atoms with E-state index in [1.807, 2.05) is 0 Å². The Balaban J connectivity index is 2.82. The van der Waals surface area contributed by atoms with Crippen molar-refractivity contribution in [3.05, 3.63) is 53.6 Å². The van der Waals surface area contributed by atoms with Crippen molar-refractivity contribution in [2.45, 2.75) is 85.7 Å². The van der Waals surface area contributed by atoms with Crippen LogP contribution in [-0.2, 0) is 5.41 Å². The fourth-order valence-electron chi connectivity index (χ4n) is 4.12. The van der Waals surface area contributed by atoms with E-state index >= 15 is 0 Å². The highest BCUT2D eigenvalue weighted by Crippen LogP contribution is 2.43. The van der Waals surface area contributed by atoms with Gasteiger partial charge < -0.3 is 4.90 Å². The Hall–Kier alpha value is -1.76. The van der Waals surface area contributed by atoms with Crippen molar-refractivity contribution in [2.24, 2.45) is 0 Å². The number of anilines is 1. The standard InChI is InChI=1S/C25H37N/c1-18-16-20(19-14-12-11-13-15-19)17-21(23(2,3)4)22(18)26(24(5,6)7)25(8,9)10/h11-17H,1-10H3. The minimum atomic E-state index is 0.0390. The van der Waals surface area contributed by atoms with E-state index < -0.39 is 0 Å². The summed E-state index contributed by atoms with van der Waals surface area (Å²) in [5, 5.41) is 0. The molecular weight excluding hydrogens is 314 g/mol. The Kier molecular flexibility index (Phi) is 5.34. The molecule has 2 aromatic rings. The Morgan fingerprint density at radius 2 is 1.15 bits per heavy atom. The molecule has 0 N–H and O–H groups in total. The molecule has 0 aliphatic carbocycles. The fourth-order valence-corrected chi connectivity index (χ4v) is 4.12. The zero-order chi connectivity index (χ0) is 19.9. The molecule has 0 fully saturated rings. The van der Waals surface area contributed by atoms with Crippen LogP contribution in [0.25, 0.3) is 11.1 Å². The number of aryl methyl sites for hydroxylation is 1. The first-order chi connectivity index (χ1) is 11.7. The highest BCUT2D eigenvalue weighted by molar-refractivity contribution is 5.74. The van der Waals surface area contributed by atoms with E-state index in [9.17, 15) is 0 Å². The number of hydrogen-bond donors (Lipinski definition) is 0. The van der Waals surface area contributed by atoms with Gasteiger partial charge in [0.05, 0.1) is 0 Å². The summed E-state index contributed by atoms with van der Waals surface area (Å²) in [7, 11) is 0. The van der Waals surface area contributed by atoms with E-state index in [1.165, 1.54) is 27.9 Å². The molecule has 0 unspecified atom stereocenters. The van der Waals surface area contributed by atoms with Crippen LogP contribution >= 0.6 is 0 Å². The van der Waals surface area contributed by atoms with E-state index in [4.69, 9.17) is 0 Å². The van der Waals surface area contributed by atoms with Crippen molar-refractivity contribution in [3.63, 3.8) is 0 Å². The molecule has 0 spiro atoms. The van der Waals surface area contributed by atoms with E-state index in [0.29, 0.717) is 0 Å². The van der Waals surface area contributed by atoms with E-state index in [1.54, 1.807) is 0 Å². The maximum Gasteiger partial charge on any atom is 0.0443 e. The summed E-state index contributed by atoms with van der Waals surface area (Å²) in [6.07, 6.45) is 0. The number of rotatable bonds is 2. The second-order valence-electron chi connectivity index (χ2n) is 10.5. The zero-order valence-electron chi connectivity index (χ0n) is 18.5. The summed E-state index contributed by atoms with van der Waals surface area (Å²) in [6, 6.07) is 15.5. The molecule has 0 amide bonds. The average molecular weight is 352 g/mol. The van der Waals surface area contributed by atoms with Crippen LogP contribution in [0.4, 0.5) is 5.69 Å². The van der Waals surface area contributed by atoms with Crippen molar-refractivity contribution in [1.82, 2.24) is 0 Å². The first-order valence-corrected chi connectivity index (χ1v) is 9.74. The molecular formula is C25H37N. The summed E-state index contributed by atoms with van der Waals surface area (Å²) in [4.78, 5) is 2.60. The number of nitrogens with zero attached hydrogens (tertiary/aromatic N) is 1. The van der Waals surface area contributed by atoms with E-state index in [-0.39, 0.29) is 16.5 Å². The van der Waals surface area contributed by atoms with Gasteiger partial charge in [-0.1, -0.05) is 51.1 Å². The monoisotopic (exact) mass is 351 g/mol. The SMILES string of the molecule is Cc1cc(-c2ccccc2)cc(C(C)(C)C)c1N(C(C)(C)C)C(C)(C)C. The lowest BCUT2D eigenvalue weighted by Crippen LogP contribution is -2.54. The summed E-state index contributed by atoms with van der Waals surface area (Å²) in [5.41, 5.74) is 6.89. The van der Waals surface area contributed by atoms with Gasteiger partial charge in [-0.05, 0) is 88.3 Å². The van der Waals surface area contributed by atoms with Crippen molar-refractivity contribution in [3.8, 4) is 11.1 Å². The molecule has 0 aliphatic rings. The maximum absolute atomic E-state index is 2.60. The van der Waals surface area contributed by atoms with Gasteiger partial charge >= 0.3 is 0 Å². The van der Waals surface area contributed by atoms with Crippen LogP contribution in [0.2, 0.25) is 0 Å². The fraction of sp³-hybridized carbons (Fsp3) is 0.520. The van der Waals surface area contributed by atoms with Gasteiger partial charge in [-0.25, -0.2) is 0 Å². The van der Waals surface area contributed by atoms with Crippen LogP contribution in [0.3, 0.4) is 0 Å². The van der Waals surface area contributed by atoms with Gasteiger partial charge in [0.2, 0.25) is 0 Å². The van der Waals surface area contributed by atoms with Crippen molar-refractivity contribution in [1.29, 1.82) is 0 Å². The van der Waals surface area contributed by atoms with Crippen LogP contribution in [0.5, 0.6) is 0 Å². The molecule has 1 nitrogen and oxygen atoms in total. The van der Waals surface area contributed by atoms with Crippen molar-refractivity contribution >= 4 is 5.69 Å². The Morgan fingerprint density at radius 3 is 1.58 bits per heavy atom. The van der Waals surface area contributed by atoms with Crippen LogP contribution in [0.1, 0.15) is 73.4 Å². The molecule has 26 heavy (non-hydrogen) atoms. The first-order valence-electron chi connectivity index (χ1n) is 9.74. The summed E-state index contributed by atoms with van der Waals surface area (Å²) in [5.74, 6) is 0. The largest absolute Gasteiger partial charge is 0.361 e. The molecule has 0 bridgehead atoms. The quantitative estimate of drug-likeness (QED) is 0.546. The average Bonchev–Trinajstić information content (AvgIpc) is 2.46. The molecule has 0 aromatic heterocycles. The van der Waals surface area contributed by atoms with Gasteiger partial charge in [0.15, 0.2) is 0 Å². The molecule has 0 radical (unpaired) electrons. The van der Waals surface area contributed by atoms with E-state index in [2.05, 4.69) is 117 Å². The topological polar surface area (TPSA) is 3.24 Å². The minimum absolute atomic E-state index is 0.0390. The minimum Gasteiger partial charge on any atom is -0.361 e. The Labute approximate surface area is 161 Å². The second kappa shape index (κ2) is 6.76. The molecule has 1 heteroatoms. The molecule has 2 rings (SSSR count). The van der Waals surface area contributed by atoms with Crippen LogP contribution in [0, 0.1) is 6.92 Å². The van der Waals surface area contributed by atoms with Crippen molar-refractivity contribution < 1.29 is 0 Å². The predicted octanol–water partition coefficient (Wildman–Crippen LogP) is 7.36. The maximum atomic E-state index is 2.60. The molecule has 142 valence electrons. The molecule has 0 aliphatic heterocycles. The van der Waals surface area contributed by atoms with Crippen LogP contribution in [0.15, 0.2) is 42.5 Å². The molecule has 0 saturated heterocycles. The molecule has 0 atom stereocenters. The van der Waals surface area contributed by atoms with Crippen molar-refractivity contribution in [2.75, 3.05) is 4.90 Å². The van der Waals surface area contributed by atoms with Gasteiger partial charge in [-0.3, -0.25) is 0 Å². The lowest BCUT2D eigenvalue weighted by atomic mass is 9.80. The normalized spacial score (nSPS) is 13.0. The van der Waals surface area contributed by atoms with Gasteiger partial charge in [0.25, 0.3) is 0 Å². The second-order valence-corrected chi connectivity index (χ2v) is 10.5. The Bertz CT molecular complexity index is 736. The third-order valence-corrected chi connectivity index (χ3v) is 4.78. The van der Waals surface area contributed by atoms with Gasteiger partial charge in [0, 0.05) is 16.8 Å². The number of hydrogen-bond acceptors (Lipinski definition) is 1. The van der Waals surface area contributed by atoms with Gasteiger partial charge in [-0.2, -0.15) is 0 Å². The highest BCUT2D eigenvalue weighted by atomic mass is 15.2. The molecule has 0 heterocycles. The van der Waals surface area contributed by atoms with Crippen LogP contribution < -0.4 is 4.90 Å². The van der Waals surface area contributed by atoms with Gasteiger partial charge in [0.1, 0.15) is 0 Å². The first kappa shape index (κ1) is 20.6. The zero-order valence-corrected chi connectivity index (χ0v) is 18.5. The summed E-state index contributed by atoms with van der Waals surface area (Å²) < 4.78 is 0. The lowest BCUT2D eigenvalue weighted by Gasteiger charge is -2.50. The molecule has 0 saturated carbocycles. The number of benzene rings is 2. The van der Waals surface area contributed by atoms with Gasteiger partial charge in [-0.15, -0.1) is 0 Å². The predicted molar refractivity (Wildman–Crippen MR) is 117 cm³/mol. The summed E-state index contributed by atoms with van der Waals surface area (Å²) >= 11 is 0.